The summed E-state index contributed by atoms with van der Waals surface area (Å²) in [6.45, 7) is 4.92. The first kappa shape index (κ1) is 13.9. The Kier molecular flexibility index (Phi) is 3.83. The standard InChI is InChI=1S/C14H24N4O/c1-4-10-11(15)12(18(3)17-10)13(19)16-9-14(5-2)7-6-8-14/h4-9,15H2,1-3H3,(H,16,19). The van der Waals surface area contributed by atoms with Crippen LogP contribution in [0.4, 0.5) is 5.69 Å². The predicted molar refractivity (Wildman–Crippen MR) is 75.9 cm³/mol. The number of hydrogen-bond donors (Lipinski definition) is 2. The van der Waals surface area contributed by atoms with E-state index < -0.39 is 0 Å². The molecule has 0 unspecified atom stereocenters. The number of nitrogens with zero attached hydrogens (tertiary/aromatic N) is 2. The summed E-state index contributed by atoms with van der Waals surface area (Å²) in [5, 5.41) is 7.31. The zero-order valence-electron chi connectivity index (χ0n) is 12.1. The van der Waals surface area contributed by atoms with Crippen molar-refractivity contribution < 1.29 is 4.79 Å². The van der Waals surface area contributed by atoms with Crippen molar-refractivity contribution in [3.05, 3.63) is 11.4 Å². The zero-order chi connectivity index (χ0) is 14.0. The summed E-state index contributed by atoms with van der Waals surface area (Å²) in [7, 11) is 1.77. The van der Waals surface area contributed by atoms with Crippen LogP contribution in [0.25, 0.3) is 0 Å². The number of carbonyl (C=O) groups is 1. The van der Waals surface area contributed by atoms with E-state index in [4.69, 9.17) is 5.73 Å². The minimum absolute atomic E-state index is 0.105. The van der Waals surface area contributed by atoms with Crippen LogP contribution in [0, 0.1) is 5.41 Å². The third-order valence-corrected chi connectivity index (χ3v) is 4.50. The van der Waals surface area contributed by atoms with Crippen molar-refractivity contribution in [3.8, 4) is 0 Å². The molecule has 0 saturated heterocycles. The van der Waals surface area contributed by atoms with Gasteiger partial charge in [0, 0.05) is 13.6 Å². The van der Waals surface area contributed by atoms with E-state index in [2.05, 4.69) is 17.3 Å². The molecule has 1 aromatic heterocycles. The van der Waals surface area contributed by atoms with Gasteiger partial charge in [0.1, 0.15) is 5.69 Å². The van der Waals surface area contributed by atoms with E-state index in [1.54, 1.807) is 11.7 Å². The van der Waals surface area contributed by atoms with Gasteiger partial charge in [-0.2, -0.15) is 5.10 Å². The highest BCUT2D eigenvalue weighted by Gasteiger charge is 2.35. The zero-order valence-corrected chi connectivity index (χ0v) is 12.1. The number of nitrogens with one attached hydrogen (secondary N) is 1. The number of rotatable bonds is 5. The van der Waals surface area contributed by atoms with Crippen LogP contribution in [0.3, 0.4) is 0 Å². The van der Waals surface area contributed by atoms with Gasteiger partial charge in [0.25, 0.3) is 5.91 Å². The molecule has 1 amide bonds. The predicted octanol–water partition coefficient (Wildman–Crippen LogP) is 1.87. The molecule has 0 aromatic carbocycles. The first-order valence-corrected chi connectivity index (χ1v) is 7.12. The summed E-state index contributed by atoms with van der Waals surface area (Å²) >= 11 is 0. The molecule has 1 saturated carbocycles. The quantitative estimate of drug-likeness (QED) is 0.852. The second kappa shape index (κ2) is 5.23. The van der Waals surface area contributed by atoms with E-state index in [9.17, 15) is 4.79 Å². The Labute approximate surface area is 114 Å². The Morgan fingerprint density at radius 3 is 2.58 bits per heavy atom. The number of hydrogen-bond acceptors (Lipinski definition) is 3. The van der Waals surface area contributed by atoms with Crippen LogP contribution in [0.5, 0.6) is 0 Å². The summed E-state index contributed by atoms with van der Waals surface area (Å²) in [6.07, 6.45) is 5.56. The number of carbonyl (C=O) groups excluding carboxylic acids is 1. The van der Waals surface area contributed by atoms with Gasteiger partial charge in [0.2, 0.25) is 0 Å². The maximum absolute atomic E-state index is 12.3. The van der Waals surface area contributed by atoms with Gasteiger partial charge in [0.05, 0.1) is 11.4 Å². The van der Waals surface area contributed by atoms with E-state index >= 15 is 0 Å². The Morgan fingerprint density at radius 2 is 2.16 bits per heavy atom. The summed E-state index contributed by atoms with van der Waals surface area (Å²) in [5.41, 5.74) is 8.10. The molecule has 0 bridgehead atoms. The van der Waals surface area contributed by atoms with E-state index in [1.165, 1.54) is 19.3 Å². The van der Waals surface area contributed by atoms with Crippen molar-refractivity contribution in [2.24, 2.45) is 12.5 Å². The fourth-order valence-electron chi connectivity index (χ4n) is 2.81. The van der Waals surface area contributed by atoms with Gasteiger partial charge in [-0.05, 0) is 31.1 Å². The fraction of sp³-hybridized carbons (Fsp3) is 0.714. The highest BCUT2D eigenvalue weighted by Crippen LogP contribution is 2.43. The third kappa shape index (κ3) is 2.46. The van der Waals surface area contributed by atoms with E-state index in [0.29, 0.717) is 16.8 Å². The van der Waals surface area contributed by atoms with Crippen molar-refractivity contribution in [1.82, 2.24) is 15.1 Å². The van der Waals surface area contributed by atoms with Crippen LogP contribution >= 0.6 is 0 Å². The van der Waals surface area contributed by atoms with Crippen molar-refractivity contribution in [2.45, 2.75) is 46.0 Å². The average Bonchev–Trinajstić information content (AvgIpc) is 2.63. The molecule has 1 heterocycles. The molecule has 1 aliphatic rings. The second-order valence-corrected chi connectivity index (χ2v) is 5.58. The number of aromatic nitrogens is 2. The molecule has 0 radical (unpaired) electrons. The number of aryl methyl sites for hydroxylation is 2. The minimum atomic E-state index is -0.105. The molecule has 19 heavy (non-hydrogen) atoms. The molecule has 1 aromatic rings. The Morgan fingerprint density at radius 1 is 1.47 bits per heavy atom. The van der Waals surface area contributed by atoms with Crippen LogP contribution in [0.1, 0.15) is 55.7 Å². The van der Waals surface area contributed by atoms with Gasteiger partial charge in [-0.25, -0.2) is 0 Å². The fourth-order valence-corrected chi connectivity index (χ4v) is 2.81. The molecule has 2 rings (SSSR count). The van der Waals surface area contributed by atoms with Gasteiger partial charge in [-0.3, -0.25) is 9.48 Å². The maximum atomic E-state index is 12.3. The van der Waals surface area contributed by atoms with Crippen LogP contribution in [0.15, 0.2) is 0 Å². The van der Waals surface area contributed by atoms with Crippen LogP contribution in [0.2, 0.25) is 0 Å². The summed E-state index contributed by atoms with van der Waals surface area (Å²) < 4.78 is 1.59. The average molecular weight is 264 g/mol. The molecule has 0 spiro atoms. The van der Waals surface area contributed by atoms with Crippen molar-refractivity contribution >= 4 is 11.6 Å². The monoisotopic (exact) mass is 264 g/mol. The van der Waals surface area contributed by atoms with Gasteiger partial charge in [-0.1, -0.05) is 20.3 Å². The lowest BCUT2D eigenvalue weighted by atomic mass is 9.67. The van der Waals surface area contributed by atoms with Gasteiger partial charge in [-0.15, -0.1) is 0 Å². The summed E-state index contributed by atoms with van der Waals surface area (Å²) in [4.78, 5) is 12.3. The Hall–Kier alpha value is -1.52. The molecule has 5 nitrogen and oxygen atoms in total. The second-order valence-electron chi connectivity index (χ2n) is 5.58. The van der Waals surface area contributed by atoms with Gasteiger partial charge in [0.15, 0.2) is 0 Å². The van der Waals surface area contributed by atoms with Crippen molar-refractivity contribution in [1.29, 1.82) is 0 Å². The van der Waals surface area contributed by atoms with Crippen LogP contribution < -0.4 is 11.1 Å². The summed E-state index contributed by atoms with van der Waals surface area (Å²) in [5.74, 6) is -0.105. The highest BCUT2D eigenvalue weighted by atomic mass is 16.2. The smallest absolute Gasteiger partial charge is 0.271 e. The third-order valence-electron chi connectivity index (χ3n) is 4.50. The lowest BCUT2D eigenvalue weighted by molar-refractivity contribution is 0.0842. The SMILES string of the molecule is CCc1nn(C)c(C(=O)NCC2(CC)CCC2)c1N. The number of amides is 1. The normalized spacial score (nSPS) is 17.0. The Bertz CT molecular complexity index is 469. The summed E-state index contributed by atoms with van der Waals surface area (Å²) in [6, 6.07) is 0. The molecule has 0 atom stereocenters. The first-order chi connectivity index (χ1) is 9.03. The molecule has 5 heteroatoms. The van der Waals surface area contributed by atoms with Crippen molar-refractivity contribution in [2.75, 3.05) is 12.3 Å². The molecule has 1 aliphatic carbocycles. The van der Waals surface area contributed by atoms with Crippen LogP contribution in [-0.4, -0.2) is 22.2 Å². The molecular formula is C14H24N4O. The lowest BCUT2D eigenvalue weighted by Crippen LogP contribution is -2.42. The van der Waals surface area contributed by atoms with Crippen molar-refractivity contribution in [3.63, 3.8) is 0 Å². The number of nitrogens with two attached hydrogens (primary N) is 1. The first-order valence-electron chi connectivity index (χ1n) is 7.12. The molecular weight excluding hydrogens is 240 g/mol. The maximum Gasteiger partial charge on any atom is 0.271 e. The van der Waals surface area contributed by atoms with Gasteiger partial charge < -0.3 is 11.1 Å². The molecule has 3 N–H and O–H groups in total. The van der Waals surface area contributed by atoms with Crippen LogP contribution in [-0.2, 0) is 13.5 Å². The van der Waals surface area contributed by atoms with Gasteiger partial charge >= 0.3 is 0 Å². The topological polar surface area (TPSA) is 72.9 Å². The molecule has 106 valence electrons. The van der Waals surface area contributed by atoms with E-state index in [1.807, 2.05) is 6.92 Å². The van der Waals surface area contributed by atoms with E-state index in [0.717, 1.165) is 25.1 Å². The number of nitrogen functional groups attached to an aromatic ring is 1. The Balaban J connectivity index is 2.06. The molecule has 0 aliphatic heterocycles. The minimum Gasteiger partial charge on any atom is -0.395 e. The van der Waals surface area contributed by atoms with E-state index in [-0.39, 0.29) is 5.91 Å². The molecule has 1 fully saturated rings. The highest BCUT2D eigenvalue weighted by molar-refractivity contribution is 5.98. The number of anilines is 1. The lowest BCUT2D eigenvalue weighted by Gasteiger charge is -2.41. The largest absolute Gasteiger partial charge is 0.395 e.